The van der Waals surface area contributed by atoms with Gasteiger partial charge in [0.15, 0.2) is 0 Å². The van der Waals surface area contributed by atoms with E-state index in [1.54, 1.807) is 18.3 Å². The number of aromatic nitrogens is 1. The highest BCUT2D eigenvalue weighted by Gasteiger charge is 2.12. The van der Waals surface area contributed by atoms with Crippen LogP contribution in [0.5, 0.6) is 0 Å². The monoisotopic (exact) mass is 294 g/mol. The number of carbonyl (C=O) groups is 1. The fourth-order valence-electron chi connectivity index (χ4n) is 1.59. The van der Waals surface area contributed by atoms with Gasteiger partial charge in [-0.25, -0.2) is 4.98 Å². The fraction of sp³-hybridized carbons (Fsp3) is 0.286. The summed E-state index contributed by atoms with van der Waals surface area (Å²) >= 11 is 7.29. The lowest BCUT2D eigenvalue weighted by Gasteiger charge is -2.10. The summed E-state index contributed by atoms with van der Waals surface area (Å²) in [5, 5.41) is 5.90. The smallest absolute Gasteiger partial charge is 0.228 e. The molecule has 3 nitrogen and oxygen atoms in total. The quantitative estimate of drug-likeness (QED) is 0.868. The van der Waals surface area contributed by atoms with E-state index < -0.39 is 0 Å². The first-order valence-electron chi connectivity index (χ1n) is 5.99. The number of thiazole rings is 1. The van der Waals surface area contributed by atoms with E-state index in [2.05, 4.69) is 10.3 Å². The minimum atomic E-state index is -0.202. The third-order valence-corrected chi connectivity index (χ3v) is 3.96. The third-order valence-electron chi connectivity index (χ3n) is 2.72. The zero-order chi connectivity index (χ0) is 13.8. The van der Waals surface area contributed by atoms with Crippen LogP contribution < -0.4 is 5.32 Å². The Kier molecular flexibility index (Phi) is 4.56. The van der Waals surface area contributed by atoms with Crippen molar-refractivity contribution in [2.75, 3.05) is 11.2 Å². The average Bonchev–Trinajstić information content (AvgIpc) is 2.84. The molecule has 0 saturated heterocycles. The standard InChI is InChI=1S/C14H15ClN2OS/c1-9(7-15)14(18)17-12-5-3-4-11(6-12)13-8-19-10(2)16-13/h3-6,8-9H,7H2,1-2H3,(H,17,18). The second-order valence-corrected chi connectivity index (χ2v) is 5.75. The highest BCUT2D eigenvalue weighted by Crippen LogP contribution is 2.24. The number of benzene rings is 1. The van der Waals surface area contributed by atoms with Gasteiger partial charge >= 0.3 is 0 Å². The third kappa shape index (κ3) is 3.55. The van der Waals surface area contributed by atoms with Crippen LogP contribution in [0.25, 0.3) is 11.3 Å². The molecule has 1 heterocycles. The van der Waals surface area contributed by atoms with Gasteiger partial charge in [-0.3, -0.25) is 4.79 Å². The van der Waals surface area contributed by atoms with Crippen LogP contribution in [0, 0.1) is 12.8 Å². The Balaban J connectivity index is 2.18. The van der Waals surface area contributed by atoms with Gasteiger partial charge in [-0.15, -0.1) is 22.9 Å². The normalized spacial score (nSPS) is 12.2. The van der Waals surface area contributed by atoms with E-state index in [1.165, 1.54) is 0 Å². The number of nitrogens with zero attached hydrogens (tertiary/aromatic N) is 1. The lowest BCUT2D eigenvalue weighted by atomic mass is 10.1. The van der Waals surface area contributed by atoms with Gasteiger partial charge < -0.3 is 5.32 Å². The summed E-state index contributed by atoms with van der Waals surface area (Å²) in [5.74, 6) is 0.0463. The molecule has 1 aromatic carbocycles. The van der Waals surface area contributed by atoms with Crippen molar-refractivity contribution in [2.45, 2.75) is 13.8 Å². The molecule has 2 rings (SSSR count). The van der Waals surface area contributed by atoms with Crippen molar-refractivity contribution >= 4 is 34.5 Å². The van der Waals surface area contributed by atoms with E-state index in [-0.39, 0.29) is 11.8 Å². The number of anilines is 1. The molecule has 0 aliphatic carbocycles. The molecular weight excluding hydrogens is 280 g/mol. The molecule has 5 heteroatoms. The van der Waals surface area contributed by atoms with Crippen LogP contribution >= 0.6 is 22.9 Å². The molecule has 0 spiro atoms. The average molecular weight is 295 g/mol. The van der Waals surface area contributed by atoms with Crippen LogP contribution in [0.3, 0.4) is 0 Å². The number of amides is 1. The molecule has 1 N–H and O–H groups in total. The zero-order valence-corrected chi connectivity index (χ0v) is 12.4. The molecule has 2 aromatic rings. The maximum atomic E-state index is 11.8. The highest BCUT2D eigenvalue weighted by atomic mass is 35.5. The summed E-state index contributed by atoms with van der Waals surface area (Å²) < 4.78 is 0. The lowest BCUT2D eigenvalue weighted by molar-refractivity contribution is -0.118. The summed E-state index contributed by atoms with van der Waals surface area (Å²) in [7, 11) is 0. The molecule has 0 aliphatic rings. The molecule has 0 fully saturated rings. The number of hydrogen-bond donors (Lipinski definition) is 1. The van der Waals surface area contributed by atoms with Gasteiger partial charge in [0.05, 0.1) is 10.7 Å². The number of aryl methyl sites for hydroxylation is 1. The van der Waals surface area contributed by atoms with Gasteiger partial charge in [0.2, 0.25) is 5.91 Å². The minimum absolute atomic E-state index is 0.0680. The van der Waals surface area contributed by atoms with Gasteiger partial charge in [-0.2, -0.15) is 0 Å². The first-order chi connectivity index (χ1) is 9.10. The van der Waals surface area contributed by atoms with Crippen LogP contribution in [0.2, 0.25) is 0 Å². The van der Waals surface area contributed by atoms with E-state index >= 15 is 0 Å². The van der Waals surface area contributed by atoms with Crippen molar-refractivity contribution in [1.82, 2.24) is 4.98 Å². The van der Waals surface area contributed by atoms with E-state index in [0.717, 1.165) is 22.0 Å². The topological polar surface area (TPSA) is 42.0 Å². The molecule has 0 radical (unpaired) electrons. The molecule has 0 aliphatic heterocycles. The Labute approximate surface area is 121 Å². The van der Waals surface area contributed by atoms with E-state index in [0.29, 0.717) is 5.88 Å². The molecule has 1 amide bonds. The van der Waals surface area contributed by atoms with Crippen molar-refractivity contribution in [2.24, 2.45) is 5.92 Å². The molecule has 1 atom stereocenters. The molecule has 1 aromatic heterocycles. The number of rotatable bonds is 4. The number of halogens is 1. The van der Waals surface area contributed by atoms with Crippen LogP contribution in [0.1, 0.15) is 11.9 Å². The number of carbonyl (C=O) groups excluding carboxylic acids is 1. The van der Waals surface area contributed by atoms with E-state index in [1.807, 2.05) is 36.6 Å². The minimum Gasteiger partial charge on any atom is -0.326 e. The van der Waals surface area contributed by atoms with E-state index in [9.17, 15) is 4.79 Å². The molecule has 100 valence electrons. The molecular formula is C14H15ClN2OS. The first-order valence-corrected chi connectivity index (χ1v) is 7.41. The van der Waals surface area contributed by atoms with Crippen molar-refractivity contribution in [3.8, 4) is 11.3 Å². The maximum absolute atomic E-state index is 11.8. The Morgan fingerprint density at radius 3 is 2.95 bits per heavy atom. The predicted molar refractivity (Wildman–Crippen MR) is 80.8 cm³/mol. The van der Waals surface area contributed by atoms with Crippen LogP contribution in [-0.2, 0) is 4.79 Å². The van der Waals surface area contributed by atoms with Gasteiger partial charge in [0, 0.05) is 28.4 Å². The Bertz CT molecular complexity index is 582. The van der Waals surface area contributed by atoms with Crippen molar-refractivity contribution in [3.05, 3.63) is 34.7 Å². The zero-order valence-electron chi connectivity index (χ0n) is 10.8. The Morgan fingerprint density at radius 1 is 1.53 bits per heavy atom. The fourth-order valence-corrected chi connectivity index (χ4v) is 2.35. The van der Waals surface area contributed by atoms with Gasteiger partial charge in [0.25, 0.3) is 0 Å². The Morgan fingerprint density at radius 2 is 2.32 bits per heavy atom. The SMILES string of the molecule is Cc1nc(-c2cccc(NC(=O)C(C)CCl)c2)cs1. The largest absolute Gasteiger partial charge is 0.326 e. The number of alkyl halides is 1. The first kappa shape index (κ1) is 14.0. The van der Waals surface area contributed by atoms with Crippen LogP contribution in [-0.4, -0.2) is 16.8 Å². The molecule has 0 saturated carbocycles. The second-order valence-electron chi connectivity index (χ2n) is 4.38. The van der Waals surface area contributed by atoms with Gasteiger partial charge in [-0.05, 0) is 19.1 Å². The maximum Gasteiger partial charge on any atom is 0.228 e. The molecule has 0 bridgehead atoms. The van der Waals surface area contributed by atoms with Crippen molar-refractivity contribution < 1.29 is 4.79 Å². The Hall–Kier alpha value is -1.39. The van der Waals surface area contributed by atoms with Crippen molar-refractivity contribution in [1.29, 1.82) is 0 Å². The van der Waals surface area contributed by atoms with Gasteiger partial charge in [0.1, 0.15) is 0 Å². The van der Waals surface area contributed by atoms with Gasteiger partial charge in [-0.1, -0.05) is 19.1 Å². The number of nitrogens with one attached hydrogen (secondary N) is 1. The summed E-state index contributed by atoms with van der Waals surface area (Å²) in [6, 6.07) is 7.68. The highest BCUT2D eigenvalue weighted by molar-refractivity contribution is 7.09. The van der Waals surface area contributed by atoms with E-state index in [4.69, 9.17) is 11.6 Å². The molecule has 1 unspecified atom stereocenters. The molecule has 19 heavy (non-hydrogen) atoms. The summed E-state index contributed by atoms with van der Waals surface area (Å²) in [4.78, 5) is 16.2. The van der Waals surface area contributed by atoms with Crippen molar-refractivity contribution in [3.63, 3.8) is 0 Å². The van der Waals surface area contributed by atoms with Crippen LogP contribution in [0.4, 0.5) is 5.69 Å². The predicted octanol–water partition coefficient (Wildman–Crippen LogP) is 3.93. The summed E-state index contributed by atoms with van der Waals surface area (Å²) in [6.45, 7) is 3.78. The van der Waals surface area contributed by atoms with Crippen LogP contribution in [0.15, 0.2) is 29.6 Å². The summed E-state index contributed by atoms with van der Waals surface area (Å²) in [5.41, 5.74) is 2.70. The second kappa shape index (κ2) is 6.17. The summed E-state index contributed by atoms with van der Waals surface area (Å²) in [6.07, 6.45) is 0. The number of hydrogen-bond acceptors (Lipinski definition) is 3. The lowest BCUT2D eigenvalue weighted by Crippen LogP contribution is -2.21.